The molecule has 4 heterocycles. The van der Waals surface area contributed by atoms with E-state index in [2.05, 4.69) is 10.3 Å². The quantitative estimate of drug-likeness (QED) is 0.310. The molecule has 1 aromatic carbocycles. The van der Waals surface area contributed by atoms with E-state index in [1.165, 1.54) is 29.2 Å². The molecule has 4 atom stereocenters. The summed E-state index contributed by atoms with van der Waals surface area (Å²) >= 11 is 31.1. The summed E-state index contributed by atoms with van der Waals surface area (Å²) in [7, 11) is 0. The second kappa shape index (κ2) is 7.92. The number of imide groups is 1. The van der Waals surface area contributed by atoms with Gasteiger partial charge in [-0.25, -0.2) is 14.7 Å². The Bertz CT molecular complexity index is 1170. The lowest BCUT2D eigenvalue weighted by atomic mass is 9.81. The highest BCUT2D eigenvalue weighted by Crippen LogP contribution is 2.49. The van der Waals surface area contributed by atoms with Gasteiger partial charge in [-0.2, -0.15) is 0 Å². The maximum Gasteiger partial charge on any atom is 0.322 e. The van der Waals surface area contributed by atoms with E-state index in [1.807, 2.05) is 0 Å². The molecule has 0 spiro atoms. The van der Waals surface area contributed by atoms with Crippen LogP contribution in [0.15, 0.2) is 24.3 Å². The van der Waals surface area contributed by atoms with E-state index < -0.39 is 35.7 Å². The Morgan fingerprint density at radius 1 is 0.969 bits per heavy atom. The number of halogens is 5. The molecule has 7 nitrogen and oxygen atoms in total. The van der Waals surface area contributed by atoms with Gasteiger partial charge in [-0.15, -0.1) is 11.6 Å². The number of urea groups is 1. The van der Waals surface area contributed by atoms with E-state index in [0.29, 0.717) is 12.0 Å². The molecule has 0 aliphatic carbocycles. The highest BCUT2D eigenvalue weighted by atomic mass is 35.5. The first-order chi connectivity index (χ1) is 15.2. The van der Waals surface area contributed by atoms with Crippen LogP contribution in [0.4, 0.5) is 16.3 Å². The van der Waals surface area contributed by atoms with Crippen molar-refractivity contribution in [3.8, 4) is 0 Å². The Morgan fingerprint density at radius 3 is 2.41 bits per heavy atom. The SMILES string of the molecule is O=C1C2c3cc(Cl)cc(Cl)c3NC(=O)N3C[C@@H](Cl)CC3C2C(=O)N1c1cc(Cl)cc(Cl)n1. The molecule has 2 saturated heterocycles. The Hall–Kier alpha value is -1.77. The van der Waals surface area contributed by atoms with Gasteiger partial charge >= 0.3 is 6.03 Å². The second-order valence-corrected chi connectivity index (χ2v) is 10.1. The Labute approximate surface area is 207 Å². The van der Waals surface area contributed by atoms with Crippen LogP contribution in [0.3, 0.4) is 0 Å². The predicted octanol–water partition coefficient (Wildman–Crippen LogP) is 5.20. The van der Waals surface area contributed by atoms with Crippen molar-refractivity contribution in [1.82, 2.24) is 9.88 Å². The van der Waals surface area contributed by atoms with E-state index in [1.54, 1.807) is 0 Å². The zero-order valence-corrected chi connectivity index (χ0v) is 19.8. The molecule has 3 aliphatic heterocycles. The summed E-state index contributed by atoms with van der Waals surface area (Å²) in [5, 5.41) is 3.07. The van der Waals surface area contributed by atoms with Crippen LogP contribution in [-0.2, 0) is 9.59 Å². The first kappa shape index (κ1) is 22.0. The van der Waals surface area contributed by atoms with Crippen molar-refractivity contribution >= 4 is 87.4 Å². The van der Waals surface area contributed by atoms with Gasteiger partial charge in [0.1, 0.15) is 11.0 Å². The van der Waals surface area contributed by atoms with Crippen LogP contribution in [0.1, 0.15) is 17.9 Å². The zero-order chi connectivity index (χ0) is 22.9. The van der Waals surface area contributed by atoms with Gasteiger partial charge in [0.05, 0.1) is 27.9 Å². The number of hydrogen-bond acceptors (Lipinski definition) is 4. The minimum absolute atomic E-state index is 0.00479. The van der Waals surface area contributed by atoms with Gasteiger partial charge < -0.3 is 10.2 Å². The van der Waals surface area contributed by atoms with Crippen molar-refractivity contribution in [2.45, 2.75) is 23.8 Å². The van der Waals surface area contributed by atoms with Crippen LogP contribution >= 0.6 is 58.0 Å². The van der Waals surface area contributed by atoms with E-state index in [4.69, 9.17) is 58.0 Å². The molecular weight excluding hydrogens is 522 g/mol. The van der Waals surface area contributed by atoms with Crippen molar-refractivity contribution in [1.29, 1.82) is 0 Å². The van der Waals surface area contributed by atoms with Gasteiger partial charge in [0.15, 0.2) is 0 Å². The summed E-state index contributed by atoms with van der Waals surface area (Å²) in [6.45, 7) is 0.227. The van der Waals surface area contributed by atoms with Gasteiger partial charge in [0, 0.05) is 28.7 Å². The highest BCUT2D eigenvalue weighted by molar-refractivity contribution is 6.38. The normalized spacial score (nSPS) is 27.0. The van der Waals surface area contributed by atoms with Gasteiger partial charge in [0.25, 0.3) is 0 Å². The van der Waals surface area contributed by atoms with Gasteiger partial charge in [-0.1, -0.05) is 46.4 Å². The highest BCUT2D eigenvalue weighted by Gasteiger charge is 2.58. The standard InChI is InChI=1S/C20H13Cl5N4O3/c21-7-1-10-15-16(19(31)29(18(15)30)14-5-8(22)4-13(25)26-14)12-3-9(23)6-28(12)20(32)27-17(10)11(24)2-7/h1-2,4-5,9,12,15-16H,3,6H2,(H,27,32)/t9-,12?,15?,16?/m0/s1. The molecule has 3 unspecified atom stereocenters. The lowest BCUT2D eigenvalue weighted by Crippen LogP contribution is -2.47. The van der Waals surface area contributed by atoms with Gasteiger partial charge in [0.2, 0.25) is 11.8 Å². The average molecular weight is 535 g/mol. The summed E-state index contributed by atoms with van der Waals surface area (Å²) in [4.78, 5) is 47.0. The minimum Gasteiger partial charge on any atom is -0.319 e. The molecule has 5 rings (SSSR count). The number of nitrogens with zero attached hydrogens (tertiary/aromatic N) is 3. The molecule has 0 saturated carbocycles. The van der Waals surface area contributed by atoms with Crippen LogP contribution in [0.25, 0.3) is 0 Å². The Morgan fingerprint density at radius 2 is 1.69 bits per heavy atom. The van der Waals surface area contributed by atoms with E-state index in [9.17, 15) is 14.4 Å². The first-order valence-electron chi connectivity index (χ1n) is 9.57. The summed E-state index contributed by atoms with van der Waals surface area (Å²) in [5.41, 5.74) is 0.583. The van der Waals surface area contributed by atoms with Crippen LogP contribution in [-0.4, -0.2) is 45.7 Å². The molecule has 166 valence electrons. The van der Waals surface area contributed by atoms with Crippen LogP contribution < -0.4 is 10.2 Å². The lowest BCUT2D eigenvalue weighted by molar-refractivity contribution is -0.122. The maximum absolute atomic E-state index is 13.7. The van der Waals surface area contributed by atoms with Crippen molar-refractivity contribution in [2.75, 3.05) is 16.8 Å². The Kier molecular flexibility index (Phi) is 5.46. The third-order valence-corrected chi connectivity index (χ3v) is 7.19. The third-order valence-electron chi connectivity index (χ3n) is 5.95. The monoisotopic (exact) mass is 532 g/mol. The number of amides is 4. The number of nitrogens with one attached hydrogen (secondary N) is 1. The molecule has 0 bridgehead atoms. The predicted molar refractivity (Wildman–Crippen MR) is 123 cm³/mol. The fourth-order valence-corrected chi connectivity index (χ4v) is 6.08. The lowest BCUT2D eigenvalue weighted by Gasteiger charge is -2.34. The number of aromatic nitrogens is 1. The zero-order valence-electron chi connectivity index (χ0n) is 16.0. The maximum atomic E-state index is 13.7. The van der Waals surface area contributed by atoms with Gasteiger partial charge in [-0.05, 0) is 30.2 Å². The molecule has 12 heteroatoms. The number of benzene rings is 1. The largest absolute Gasteiger partial charge is 0.322 e. The molecule has 4 amide bonds. The van der Waals surface area contributed by atoms with E-state index in [0.717, 1.165) is 4.90 Å². The molecular formula is C20H13Cl5N4O3. The van der Waals surface area contributed by atoms with Crippen molar-refractivity contribution in [2.24, 2.45) is 5.92 Å². The number of pyridine rings is 1. The molecule has 2 aromatic rings. The van der Waals surface area contributed by atoms with Crippen LogP contribution in [0.2, 0.25) is 20.2 Å². The second-order valence-electron chi connectivity index (χ2n) is 7.82. The summed E-state index contributed by atoms with van der Waals surface area (Å²) in [5.74, 6) is -2.94. The van der Waals surface area contributed by atoms with Crippen LogP contribution in [0.5, 0.6) is 0 Å². The van der Waals surface area contributed by atoms with Crippen molar-refractivity contribution < 1.29 is 14.4 Å². The molecule has 32 heavy (non-hydrogen) atoms. The molecule has 1 aromatic heterocycles. The molecule has 3 aliphatic rings. The number of fused-ring (bicyclic) bond motifs is 5. The number of carbonyl (C=O) groups is 3. The Balaban J connectivity index is 1.73. The van der Waals surface area contributed by atoms with Gasteiger partial charge in [-0.3, -0.25) is 9.59 Å². The summed E-state index contributed by atoms with van der Waals surface area (Å²) in [6, 6.07) is 4.72. The fraction of sp³-hybridized carbons (Fsp3) is 0.300. The molecule has 2 fully saturated rings. The number of anilines is 2. The summed E-state index contributed by atoms with van der Waals surface area (Å²) < 4.78 is 0. The molecule has 0 radical (unpaired) electrons. The smallest absolute Gasteiger partial charge is 0.319 e. The number of alkyl halides is 1. The molecule has 1 N–H and O–H groups in total. The number of rotatable bonds is 1. The van der Waals surface area contributed by atoms with Crippen molar-refractivity contribution in [3.05, 3.63) is 50.0 Å². The van der Waals surface area contributed by atoms with Crippen molar-refractivity contribution in [3.63, 3.8) is 0 Å². The number of hydrogen-bond donors (Lipinski definition) is 1. The minimum atomic E-state index is -0.969. The summed E-state index contributed by atoms with van der Waals surface area (Å²) in [6.07, 6.45) is 0.344. The van der Waals surface area contributed by atoms with Crippen LogP contribution in [0, 0.1) is 5.92 Å². The van der Waals surface area contributed by atoms with E-state index >= 15 is 0 Å². The van der Waals surface area contributed by atoms with E-state index in [-0.39, 0.29) is 43.6 Å². The fourth-order valence-electron chi connectivity index (χ4n) is 4.74. The number of carbonyl (C=O) groups excluding carboxylic acids is 3. The third kappa shape index (κ3) is 3.42. The first-order valence-corrected chi connectivity index (χ1v) is 11.5. The topological polar surface area (TPSA) is 82.6 Å². The average Bonchev–Trinajstić information content (AvgIpc) is 3.18.